The summed E-state index contributed by atoms with van der Waals surface area (Å²) < 4.78 is 0. The van der Waals surface area contributed by atoms with Crippen LogP contribution in [0, 0.1) is 0 Å². The van der Waals surface area contributed by atoms with Crippen LogP contribution < -0.4 is 9.80 Å². The van der Waals surface area contributed by atoms with Crippen molar-refractivity contribution in [1.82, 2.24) is 0 Å². The maximum Gasteiger partial charge on any atom is 0.0366 e. The van der Waals surface area contributed by atoms with E-state index >= 15 is 0 Å². The SMILES string of the molecule is c1ccc(N2CCCCN(c3ccccc3)CC2)cc1. The highest BCUT2D eigenvalue weighted by Crippen LogP contribution is 2.19. The third-order valence-corrected chi connectivity index (χ3v) is 3.99. The van der Waals surface area contributed by atoms with Crippen molar-refractivity contribution in [2.75, 3.05) is 36.0 Å². The summed E-state index contributed by atoms with van der Waals surface area (Å²) in [5.74, 6) is 0. The lowest BCUT2D eigenvalue weighted by atomic mass is 10.2. The Kier molecular flexibility index (Phi) is 4.22. The molecule has 2 heteroatoms. The topological polar surface area (TPSA) is 6.48 Å². The maximum atomic E-state index is 2.51. The zero-order valence-electron chi connectivity index (χ0n) is 11.9. The molecule has 104 valence electrons. The van der Waals surface area contributed by atoms with Gasteiger partial charge in [-0.05, 0) is 37.1 Å². The van der Waals surface area contributed by atoms with Gasteiger partial charge in [0.25, 0.3) is 0 Å². The number of nitrogens with zero attached hydrogens (tertiary/aromatic N) is 2. The Morgan fingerprint density at radius 2 is 0.900 bits per heavy atom. The summed E-state index contributed by atoms with van der Waals surface area (Å²) in [5, 5.41) is 0. The van der Waals surface area contributed by atoms with Gasteiger partial charge >= 0.3 is 0 Å². The molecule has 0 aliphatic carbocycles. The van der Waals surface area contributed by atoms with Crippen LogP contribution in [0.2, 0.25) is 0 Å². The van der Waals surface area contributed by atoms with Gasteiger partial charge in [0, 0.05) is 37.6 Å². The van der Waals surface area contributed by atoms with Crippen LogP contribution in [0.1, 0.15) is 12.8 Å². The van der Waals surface area contributed by atoms with Gasteiger partial charge in [0.15, 0.2) is 0 Å². The van der Waals surface area contributed by atoms with Crippen molar-refractivity contribution in [3.63, 3.8) is 0 Å². The summed E-state index contributed by atoms with van der Waals surface area (Å²) >= 11 is 0. The number of para-hydroxylation sites is 2. The van der Waals surface area contributed by atoms with E-state index in [4.69, 9.17) is 0 Å². The maximum absolute atomic E-state index is 2.51. The van der Waals surface area contributed by atoms with Crippen molar-refractivity contribution in [1.29, 1.82) is 0 Å². The van der Waals surface area contributed by atoms with E-state index in [9.17, 15) is 0 Å². The molecule has 1 fully saturated rings. The zero-order chi connectivity index (χ0) is 13.6. The Morgan fingerprint density at radius 1 is 0.500 bits per heavy atom. The molecule has 20 heavy (non-hydrogen) atoms. The molecular formula is C18H22N2. The van der Waals surface area contributed by atoms with Gasteiger partial charge in [0.05, 0.1) is 0 Å². The molecule has 0 radical (unpaired) electrons. The van der Waals surface area contributed by atoms with Crippen LogP contribution in [0.3, 0.4) is 0 Å². The second-order valence-corrected chi connectivity index (χ2v) is 5.35. The Hall–Kier alpha value is -1.96. The zero-order valence-corrected chi connectivity index (χ0v) is 11.9. The summed E-state index contributed by atoms with van der Waals surface area (Å²) in [6.07, 6.45) is 2.52. The van der Waals surface area contributed by atoms with Gasteiger partial charge in [-0.15, -0.1) is 0 Å². The molecule has 0 unspecified atom stereocenters. The van der Waals surface area contributed by atoms with E-state index in [2.05, 4.69) is 70.5 Å². The molecular weight excluding hydrogens is 244 g/mol. The monoisotopic (exact) mass is 266 g/mol. The number of anilines is 2. The quantitative estimate of drug-likeness (QED) is 0.816. The van der Waals surface area contributed by atoms with Crippen LogP contribution in [-0.2, 0) is 0 Å². The summed E-state index contributed by atoms with van der Waals surface area (Å²) in [6, 6.07) is 21.6. The summed E-state index contributed by atoms with van der Waals surface area (Å²) in [5.41, 5.74) is 2.70. The third kappa shape index (κ3) is 3.13. The number of rotatable bonds is 2. The fourth-order valence-corrected chi connectivity index (χ4v) is 2.86. The van der Waals surface area contributed by atoms with E-state index < -0.39 is 0 Å². The molecule has 0 aromatic heterocycles. The van der Waals surface area contributed by atoms with E-state index in [1.807, 2.05) is 0 Å². The molecule has 1 aliphatic rings. The van der Waals surface area contributed by atoms with Gasteiger partial charge in [-0.25, -0.2) is 0 Å². The Morgan fingerprint density at radius 3 is 1.30 bits per heavy atom. The van der Waals surface area contributed by atoms with Gasteiger partial charge in [-0.1, -0.05) is 36.4 Å². The summed E-state index contributed by atoms with van der Waals surface area (Å²) in [6.45, 7) is 4.54. The van der Waals surface area contributed by atoms with E-state index in [0.29, 0.717) is 0 Å². The van der Waals surface area contributed by atoms with Crippen LogP contribution >= 0.6 is 0 Å². The van der Waals surface area contributed by atoms with E-state index in [1.54, 1.807) is 0 Å². The minimum absolute atomic E-state index is 1.10. The largest absolute Gasteiger partial charge is 0.370 e. The predicted octanol–water partition coefficient (Wildman–Crippen LogP) is 3.79. The first-order valence-corrected chi connectivity index (χ1v) is 7.53. The molecule has 1 heterocycles. The molecule has 2 aromatic carbocycles. The van der Waals surface area contributed by atoms with Crippen molar-refractivity contribution in [3.8, 4) is 0 Å². The number of benzene rings is 2. The van der Waals surface area contributed by atoms with Gasteiger partial charge in [-0.2, -0.15) is 0 Å². The molecule has 1 saturated heterocycles. The Labute approximate surface area is 121 Å². The highest BCUT2D eigenvalue weighted by molar-refractivity contribution is 5.49. The van der Waals surface area contributed by atoms with Crippen LogP contribution in [-0.4, -0.2) is 26.2 Å². The average Bonchev–Trinajstić information content (AvgIpc) is 2.49. The second-order valence-electron chi connectivity index (χ2n) is 5.35. The van der Waals surface area contributed by atoms with Gasteiger partial charge < -0.3 is 9.80 Å². The van der Waals surface area contributed by atoms with E-state index in [0.717, 1.165) is 13.1 Å². The predicted molar refractivity (Wildman–Crippen MR) is 86.5 cm³/mol. The molecule has 3 rings (SSSR count). The molecule has 0 bridgehead atoms. The molecule has 0 saturated carbocycles. The van der Waals surface area contributed by atoms with Crippen LogP contribution in [0.15, 0.2) is 60.7 Å². The van der Waals surface area contributed by atoms with E-state index in [1.165, 1.54) is 37.3 Å². The van der Waals surface area contributed by atoms with Gasteiger partial charge in [-0.3, -0.25) is 0 Å². The van der Waals surface area contributed by atoms with Crippen LogP contribution in [0.25, 0.3) is 0 Å². The smallest absolute Gasteiger partial charge is 0.0366 e. The number of hydrogen-bond acceptors (Lipinski definition) is 2. The molecule has 2 nitrogen and oxygen atoms in total. The highest BCUT2D eigenvalue weighted by atomic mass is 15.2. The molecule has 0 amide bonds. The second kappa shape index (κ2) is 6.47. The van der Waals surface area contributed by atoms with Crippen molar-refractivity contribution in [2.24, 2.45) is 0 Å². The fraction of sp³-hybridized carbons (Fsp3) is 0.333. The van der Waals surface area contributed by atoms with Gasteiger partial charge in [0.1, 0.15) is 0 Å². The first-order chi connectivity index (χ1) is 9.93. The minimum atomic E-state index is 1.10. The first kappa shape index (κ1) is 13.0. The third-order valence-electron chi connectivity index (χ3n) is 3.99. The van der Waals surface area contributed by atoms with Crippen molar-refractivity contribution >= 4 is 11.4 Å². The first-order valence-electron chi connectivity index (χ1n) is 7.53. The van der Waals surface area contributed by atoms with Crippen molar-refractivity contribution in [3.05, 3.63) is 60.7 Å². The standard InChI is InChI=1S/C18H22N2/c1-3-9-17(10-4-1)19-13-7-8-14-20(16-15-19)18-11-5-2-6-12-18/h1-6,9-12H,7-8,13-16H2. The lowest BCUT2D eigenvalue weighted by Crippen LogP contribution is -2.39. The van der Waals surface area contributed by atoms with Crippen molar-refractivity contribution in [2.45, 2.75) is 12.8 Å². The Balaban J connectivity index is 1.70. The van der Waals surface area contributed by atoms with Crippen LogP contribution in [0.5, 0.6) is 0 Å². The summed E-state index contributed by atoms with van der Waals surface area (Å²) in [4.78, 5) is 5.02. The number of hydrogen-bond donors (Lipinski definition) is 0. The Bertz CT molecular complexity index is 460. The normalized spacial score (nSPS) is 16.6. The molecule has 1 aliphatic heterocycles. The molecule has 0 spiro atoms. The van der Waals surface area contributed by atoms with Crippen molar-refractivity contribution < 1.29 is 0 Å². The fourth-order valence-electron chi connectivity index (χ4n) is 2.86. The molecule has 2 aromatic rings. The lowest BCUT2D eigenvalue weighted by Gasteiger charge is -2.33. The molecule has 0 atom stereocenters. The van der Waals surface area contributed by atoms with Gasteiger partial charge in [0.2, 0.25) is 0 Å². The average molecular weight is 266 g/mol. The minimum Gasteiger partial charge on any atom is -0.370 e. The van der Waals surface area contributed by atoms with E-state index in [-0.39, 0.29) is 0 Å². The summed E-state index contributed by atoms with van der Waals surface area (Å²) in [7, 11) is 0. The molecule has 0 N–H and O–H groups in total. The lowest BCUT2D eigenvalue weighted by molar-refractivity contribution is 0.614. The highest BCUT2D eigenvalue weighted by Gasteiger charge is 2.13. The van der Waals surface area contributed by atoms with Crippen LogP contribution in [0.4, 0.5) is 11.4 Å².